The lowest BCUT2D eigenvalue weighted by Gasteiger charge is -2.07. The standard InChI is InChI=1S/C18H14N4O2/c1-21-15-10-6-5-9-13(15)19-18(21)22-16(11-14(20-22)17(23)24)12-7-3-2-4-8-12/h2-11H,1H3,(H,23,24). The van der Waals surface area contributed by atoms with E-state index in [0.717, 1.165) is 16.6 Å². The summed E-state index contributed by atoms with van der Waals surface area (Å²) >= 11 is 0. The SMILES string of the molecule is Cn1c(-n2nc(C(=O)O)cc2-c2ccccc2)nc2ccccc21. The number of imidazole rings is 1. The Morgan fingerprint density at radius 1 is 1.04 bits per heavy atom. The van der Waals surface area contributed by atoms with Crippen molar-refractivity contribution in [2.24, 2.45) is 7.05 Å². The molecule has 6 nitrogen and oxygen atoms in total. The molecule has 6 heteroatoms. The van der Waals surface area contributed by atoms with Crippen LogP contribution < -0.4 is 0 Å². The first-order valence-electron chi connectivity index (χ1n) is 7.46. The average Bonchev–Trinajstić information content (AvgIpc) is 3.18. The molecular formula is C18H14N4O2. The van der Waals surface area contributed by atoms with Crippen molar-refractivity contribution in [2.75, 3.05) is 0 Å². The van der Waals surface area contributed by atoms with E-state index in [9.17, 15) is 9.90 Å². The Kier molecular flexibility index (Phi) is 3.16. The molecule has 0 amide bonds. The number of carboxylic acid groups (broad SMARTS) is 1. The summed E-state index contributed by atoms with van der Waals surface area (Å²) in [4.78, 5) is 16.0. The van der Waals surface area contributed by atoms with Crippen LogP contribution in [0, 0.1) is 0 Å². The van der Waals surface area contributed by atoms with Crippen molar-refractivity contribution in [1.29, 1.82) is 0 Å². The fraction of sp³-hybridized carbons (Fsp3) is 0.0556. The molecule has 0 saturated carbocycles. The maximum atomic E-state index is 11.4. The smallest absolute Gasteiger partial charge is 0.356 e. The lowest BCUT2D eigenvalue weighted by molar-refractivity contribution is 0.0690. The normalized spacial score (nSPS) is 11.0. The third-order valence-corrected chi connectivity index (χ3v) is 3.95. The first-order chi connectivity index (χ1) is 11.6. The molecule has 0 atom stereocenters. The zero-order valence-corrected chi connectivity index (χ0v) is 12.9. The van der Waals surface area contributed by atoms with Gasteiger partial charge in [-0.2, -0.15) is 9.78 Å². The summed E-state index contributed by atoms with van der Waals surface area (Å²) in [6.45, 7) is 0. The highest BCUT2D eigenvalue weighted by molar-refractivity contribution is 5.87. The van der Waals surface area contributed by atoms with Crippen LogP contribution in [0.5, 0.6) is 0 Å². The van der Waals surface area contributed by atoms with E-state index in [1.807, 2.05) is 66.2 Å². The van der Waals surface area contributed by atoms with Gasteiger partial charge in [0, 0.05) is 12.6 Å². The highest BCUT2D eigenvalue weighted by Crippen LogP contribution is 2.25. The first kappa shape index (κ1) is 14.2. The van der Waals surface area contributed by atoms with Gasteiger partial charge in [0.25, 0.3) is 0 Å². The monoisotopic (exact) mass is 318 g/mol. The molecule has 118 valence electrons. The third-order valence-electron chi connectivity index (χ3n) is 3.95. The van der Waals surface area contributed by atoms with E-state index in [1.165, 1.54) is 0 Å². The maximum Gasteiger partial charge on any atom is 0.356 e. The van der Waals surface area contributed by atoms with E-state index < -0.39 is 5.97 Å². The summed E-state index contributed by atoms with van der Waals surface area (Å²) in [5.74, 6) is -0.493. The summed E-state index contributed by atoms with van der Waals surface area (Å²) < 4.78 is 3.49. The molecule has 4 aromatic rings. The van der Waals surface area contributed by atoms with Crippen molar-refractivity contribution in [2.45, 2.75) is 0 Å². The summed E-state index contributed by atoms with van der Waals surface area (Å²) in [6, 6.07) is 18.9. The molecule has 1 N–H and O–H groups in total. The minimum absolute atomic E-state index is 0.0130. The molecule has 0 spiro atoms. The van der Waals surface area contributed by atoms with Gasteiger partial charge in [0.2, 0.25) is 5.95 Å². The number of aryl methyl sites for hydroxylation is 1. The fourth-order valence-electron chi connectivity index (χ4n) is 2.77. The Bertz CT molecular complexity index is 1050. The van der Waals surface area contributed by atoms with Crippen molar-refractivity contribution in [3.05, 3.63) is 66.4 Å². The molecule has 0 aliphatic heterocycles. The van der Waals surface area contributed by atoms with Crippen LogP contribution in [0.25, 0.3) is 28.2 Å². The summed E-state index contributed by atoms with van der Waals surface area (Å²) in [5.41, 5.74) is 3.34. The number of rotatable bonds is 3. The van der Waals surface area contributed by atoms with E-state index in [4.69, 9.17) is 0 Å². The van der Waals surface area contributed by atoms with Crippen LogP contribution in [0.1, 0.15) is 10.5 Å². The van der Waals surface area contributed by atoms with Crippen molar-refractivity contribution in [3.63, 3.8) is 0 Å². The van der Waals surface area contributed by atoms with Crippen LogP contribution in [-0.2, 0) is 7.05 Å². The number of nitrogens with zero attached hydrogens (tertiary/aromatic N) is 4. The molecule has 0 fully saturated rings. The summed E-state index contributed by atoms with van der Waals surface area (Å²) in [5, 5.41) is 13.6. The van der Waals surface area contributed by atoms with Gasteiger partial charge in [-0.15, -0.1) is 0 Å². The molecule has 0 aliphatic carbocycles. The number of carboxylic acids is 1. The number of hydrogen-bond acceptors (Lipinski definition) is 3. The summed E-state index contributed by atoms with van der Waals surface area (Å²) in [6.07, 6.45) is 0. The topological polar surface area (TPSA) is 72.9 Å². The molecule has 0 radical (unpaired) electrons. The number of hydrogen-bond donors (Lipinski definition) is 1. The molecule has 2 aromatic carbocycles. The molecule has 2 heterocycles. The third kappa shape index (κ3) is 2.16. The van der Waals surface area contributed by atoms with E-state index >= 15 is 0 Å². The Balaban J connectivity index is 2.00. The maximum absolute atomic E-state index is 11.4. The number of aromatic nitrogens is 4. The minimum Gasteiger partial charge on any atom is -0.476 e. The average molecular weight is 318 g/mol. The summed E-state index contributed by atoms with van der Waals surface area (Å²) in [7, 11) is 1.89. The highest BCUT2D eigenvalue weighted by Gasteiger charge is 2.19. The van der Waals surface area contributed by atoms with Gasteiger partial charge >= 0.3 is 5.97 Å². The van der Waals surface area contributed by atoms with Gasteiger partial charge in [0.15, 0.2) is 5.69 Å². The zero-order chi connectivity index (χ0) is 16.7. The van der Waals surface area contributed by atoms with Gasteiger partial charge in [0.1, 0.15) is 0 Å². The number of carbonyl (C=O) groups is 1. The first-order valence-corrected chi connectivity index (χ1v) is 7.46. The number of fused-ring (bicyclic) bond motifs is 1. The van der Waals surface area contributed by atoms with E-state index in [-0.39, 0.29) is 5.69 Å². The van der Waals surface area contributed by atoms with Crippen LogP contribution in [0.15, 0.2) is 60.7 Å². The van der Waals surface area contributed by atoms with E-state index in [1.54, 1.807) is 10.7 Å². The zero-order valence-electron chi connectivity index (χ0n) is 12.9. The van der Waals surface area contributed by atoms with Crippen LogP contribution in [0.4, 0.5) is 0 Å². The number of para-hydroxylation sites is 2. The number of benzene rings is 2. The van der Waals surface area contributed by atoms with Gasteiger partial charge in [-0.1, -0.05) is 42.5 Å². The van der Waals surface area contributed by atoms with Crippen molar-refractivity contribution < 1.29 is 9.90 Å². The lowest BCUT2D eigenvalue weighted by Crippen LogP contribution is -2.08. The second kappa shape index (κ2) is 5.34. The van der Waals surface area contributed by atoms with Gasteiger partial charge in [-0.25, -0.2) is 9.78 Å². The molecule has 0 saturated heterocycles. The van der Waals surface area contributed by atoms with Crippen LogP contribution in [-0.4, -0.2) is 30.4 Å². The Morgan fingerprint density at radius 3 is 2.46 bits per heavy atom. The number of aromatic carboxylic acids is 1. The molecule has 0 aliphatic rings. The van der Waals surface area contributed by atoms with Crippen LogP contribution in [0.2, 0.25) is 0 Å². The van der Waals surface area contributed by atoms with Crippen molar-refractivity contribution >= 4 is 17.0 Å². The lowest BCUT2D eigenvalue weighted by atomic mass is 10.1. The highest BCUT2D eigenvalue weighted by atomic mass is 16.4. The molecule has 24 heavy (non-hydrogen) atoms. The minimum atomic E-state index is -1.07. The van der Waals surface area contributed by atoms with E-state index in [2.05, 4.69) is 10.1 Å². The predicted octanol–water partition coefficient (Wildman–Crippen LogP) is 3.12. The largest absolute Gasteiger partial charge is 0.476 e. The molecular weight excluding hydrogens is 304 g/mol. The molecule has 0 bridgehead atoms. The van der Waals surface area contributed by atoms with Gasteiger partial charge < -0.3 is 9.67 Å². The Labute approximate surface area is 137 Å². The van der Waals surface area contributed by atoms with Gasteiger partial charge in [-0.3, -0.25) is 0 Å². The molecule has 2 aromatic heterocycles. The van der Waals surface area contributed by atoms with Gasteiger partial charge in [0.05, 0.1) is 16.7 Å². The predicted molar refractivity (Wildman–Crippen MR) is 90.2 cm³/mol. The van der Waals surface area contributed by atoms with E-state index in [0.29, 0.717) is 11.6 Å². The second-order valence-corrected chi connectivity index (χ2v) is 5.46. The molecule has 4 rings (SSSR count). The van der Waals surface area contributed by atoms with Crippen LogP contribution in [0.3, 0.4) is 0 Å². The van der Waals surface area contributed by atoms with Crippen molar-refractivity contribution in [3.8, 4) is 17.2 Å². The second-order valence-electron chi connectivity index (χ2n) is 5.46. The Hall–Kier alpha value is -3.41. The van der Waals surface area contributed by atoms with Crippen LogP contribution >= 0.6 is 0 Å². The van der Waals surface area contributed by atoms with Crippen molar-refractivity contribution in [1.82, 2.24) is 19.3 Å². The quantitative estimate of drug-likeness (QED) is 0.630. The Morgan fingerprint density at radius 2 is 1.75 bits per heavy atom. The van der Waals surface area contributed by atoms with Gasteiger partial charge in [-0.05, 0) is 18.2 Å². The fourth-order valence-corrected chi connectivity index (χ4v) is 2.77. The molecule has 0 unspecified atom stereocenters.